The first kappa shape index (κ1) is 12.7. The van der Waals surface area contributed by atoms with Crippen LogP contribution in [0.5, 0.6) is 5.75 Å². The second kappa shape index (κ2) is 4.88. The highest BCUT2D eigenvalue weighted by molar-refractivity contribution is 7.92. The van der Waals surface area contributed by atoms with Crippen LogP contribution in [0.2, 0.25) is 5.02 Å². The van der Waals surface area contributed by atoms with Crippen molar-refractivity contribution in [3.63, 3.8) is 0 Å². The second-order valence-electron chi connectivity index (χ2n) is 3.58. The van der Waals surface area contributed by atoms with Crippen LogP contribution in [-0.4, -0.2) is 13.5 Å². The van der Waals surface area contributed by atoms with E-state index in [1.165, 1.54) is 24.3 Å². The number of phenolic OH excluding ortho intramolecular Hbond substituents is 1. The molecular weight excluding hydrogens is 274 g/mol. The van der Waals surface area contributed by atoms with Gasteiger partial charge in [0.05, 0.1) is 10.6 Å². The number of aromatic hydroxyl groups is 1. The van der Waals surface area contributed by atoms with Gasteiger partial charge in [-0.05, 0) is 30.3 Å². The first-order chi connectivity index (χ1) is 8.49. The van der Waals surface area contributed by atoms with E-state index in [0.29, 0.717) is 5.02 Å². The molecule has 0 heterocycles. The maximum Gasteiger partial charge on any atom is 0.262 e. The minimum absolute atomic E-state index is 0.0400. The summed E-state index contributed by atoms with van der Waals surface area (Å²) in [4.78, 5) is 0.0400. The van der Waals surface area contributed by atoms with Crippen LogP contribution in [0.3, 0.4) is 0 Å². The van der Waals surface area contributed by atoms with Crippen LogP contribution in [0, 0.1) is 0 Å². The molecule has 0 saturated heterocycles. The number of nitrogens with one attached hydrogen (secondary N) is 1. The fourth-order valence-electron chi connectivity index (χ4n) is 1.40. The van der Waals surface area contributed by atoms with Gasteiger partial charge in [0.15, 0.2) is 0 Å². The second-order valence-corrected chi connectivity index (χ2v) is 5.70. The predicted molar refractivity (Wildman–Crippen MR) is 70.4 cm³/mol. The molecule has 2 N–H and O–H groups in total. The highest BCUT2D eigenvalue weighted by Gasteiger charge is 2.15. The molecule has 0 unspecified atom stereocenters. The molecule has 0 amide bonds. The van der Waals surface area contributed by atoms with E-state index in [0.717, 1.165) is 0 Å². The number of para-hydroxylation sites is 2. The zero-order chi connectivity index (χ0) is 13.2. The maximum atomic E-state index is 12.0. The Bertz CT molecular complexity index is 671. The Kier molecular flexibility index (Phi) is 3.45. The third-order valence-corrected chi connectivity index (χ3v) is 3.85. The number of rotatable bonds is 3. The molecule has 0 fully saturated rings. The van der Waals surface area contributed by atoms with Gasteiger partial charge in [-0.1, -0.05) is 29.8 Å². The highest BCUT2D eigenvalue weighted by Crippen LogP contribution is 2.25. The summed E-state index contributed by atoms with van der Waals surface area (Å²) in [7, 11) is -3.75. The number of anilines is 1. The van der Waals surface area contributed by atoms with Crippen LogP contribution in [-0.2, 0) is 10.0 Å². The Morgan fingerprint density at radius 3 is 2.44 bits per heavy atom. The minimum atomic E-state index is -3.75. The summed E-state index contributed by atoms with van der Waals surface area (Å²) >= 11 is 5.74. The molecule has 0 bridgehead atoms. The van der Waals surface area contributed by atoms with E-state index < -0.39 is 10.0 Å². The summed E-state index contributed by atoms with van der Waals surface area (Å²) in [5.74, 6) is -0.136. The maximum absolute atomic E-state index is 12.0. The number of hydrogen-bond donors (Lipinski definition) is 2. The Morgan fingerprint density at radius 2 is 1.78 bits per heavy atom. The van der Waals surface area contributed by atoms with Crippen molar-refractivity contribution in [2.45, 2.75) is 4.90 Å². The predicted octanol–water partition coefficient (Wildman–Crippen LogP) is 2.85. The van der Waals surface area contributed by atoms with Crippen LogP contribution in [0.4, 0.5) is 5.69 Å². The van der Waals surface area contributed by atoms with E-state index in [1.807, 2.05) is 0 Å². The Morgan fingerprint density at radius 1 is 1.06 bits per heavy atom. The van der Waals surface area contributed by atoms with Crippen molar-refractivity contribution < 1.29 is 13.5 Å². The molecule has 2 aromatic carbocycles. The molecule has 0 spiro atoms. The third-order valence-electron chi connectivity index (χ3n) is 2.25. The van der Waals surface area contributed by atoms with E-state index >= 15 is 0 Å². The Balaban J connectivity index is 2.37. The number of phenols is 1. The fourth-order valence-corrected chi connectivity index (χ4v) is 2.77. The smallest absolute Gasteiger partial charge is 0.262 e. The first-order valence-corrected chi connectivity index (χ1v) is 6.91. The van der Waals surface area contributed by atoms with Crippen LogP contribution in [0.1, 0.15) is 0 Å². The van der Waals surface area contributed by atoms with E-state index in [-0.39, 0.29) is 16.3 Å². The molecule has 0 radical (unpaired) electrons. The Hall–Kier alpha value is -1.72. The molecule has 2 rings (SSSR count). The van der Waals surface area contributed by atoms with Gasteiger partial charge in [0.1, 0.15) is 5.75 Å². The molecule has 0 atom stereocenters. The molecule has 6 heteroatoms. The summed E-state index contributed by atoms with van der Waals surface area (Å²) in [5.41, 5.74) is 0.123. The lowest BCUT2D eigenvalue weighted by molar-refractivity contribution is 0.477. The normalized spacial score (nSPS) is 11.2. The summed E-state index contributed by atoms with van der Waals surface area (Å²) in [6, 6.07) is 12.0. The highest BCUT2D eigenvalue weighted by atomic mass is 35.5. The Labute approximate surface area is 110 Å². The molecule has 0 saturated carbocycles. The van der Waals surface area contributed by atoms with Crippen LogP contribution in [0.15, 0.2) is 53.4 Å². The number of sulfonamides is 1. The number of halogens is 1. The molecule has 2 aromatic rings. The van der Waals surface area contributed by atoms with Gasteiger partial charge in [-0.15, -0.1) is 0 Å². The summed E-state index contributed by atoms with van der Waals surface area (Å²) < 4.78 is 26.3. The lowest BCUT2D eigenvalue weighted by atomic mass is 10.3. The third kappa shape index (κ3) is 2.75. The molecule has 4 nitrogen and oxygen atoms in total. The topological polar surface area (TPSA) is 66.4 Å². The van der Waals surface area contributed by atoms with Crippen LogP contribution in [0.25, 0.3) is 0 Å². The molecule has 0 aliphatic heterocycles. The van der Waals surface area contributed by atoms with E-state index in [1.54, 1.807) is 24.3 Å². The van der Waals surface area contributed by atoms with E-state index in [4.69, 9.17) is 11.6 Å². The molecule has 0 aromatic heterocycles. The van der Waals surface area contributed by atoms with Gasteiger partial charge in [-0.2, -0.15) is 0 Å². The first-order valence-electron chi connectivity index (χ1n) is 5.05. The van der Waals surface area contributed by atoms with Crippen molar-refractivity contribution in [3.8, 4) is 5.75 Å². The van der Waals surface area contributed by atoms with E-state index in [9.17, 15) is 13.5 Å². The van der Waals surface area contributed by atoms with Gasteiger partial charge in [0.25, 0.3) is 10.0 Å². The van der Waals surface area contributed by atoms with Crippen molar-refractivity contribution in [2.75, 3.05) is 4.72 Å². The molecule has 0 aliphatic rings. The molecular formula is C12H10ClNO3S. The average Bonchev–Trinajstić information content (AvgIpc) is 2.32. The van der Waals surface area contributed by atoms with E-state index in [2.05, 4.69) is 4.72 Å². The van der Waals surface area contributed by atoms with Gasteiger partial charge >= 0.3 is 0 Å². The van der Waals surface area contributed by atoms with Crippen molar-refractivity contribution in [1.82, 2.24) is 0 Å². The summed E-state index contributed by atoms with van der Waals surface area (Å²) in [6.07, 6.45) is 0. The van der Waals surface area contributed by atoms with Gasteiger partial charge in [-0.25, -0.2) is 8.42 Å². The van der Waals surface area contributed by atoms with Crippen LogP contribution >= 0.6 is 11.6 Å². The van der Waals surface area contributed by atoms with Crippen molar-refractivity contribution in [3.05, 3.63) is 53.6 Å². The lowest BCUT2D eigenvalue weighted by Crippen LogP contribution is -2.12. The van der Waals surface area contributed by atoms with Gasteiger partial charge in [0, 0.05) is 5.02 Å². The fraction of sp³-hybridized carbons (Fsp3) is 0. The largest absolute Gasteiger partial charge is 0.506 e. The quantitative estimate of drug-likeness (QED) is 0.851. The van der Waals surface area contributed by atoms with Gasteiger partial charge in [-0.3, -0.25) is 4.72 Å². The van der Waals surface area contributed by atoms with Gasteiger partial charge in [0.2, 0.25) is 0 Å². The minimum Gasteiger partial charge on any atom is -0.506 e. The zero-order valence-corrected chi connectivity index (χ0v) is 10.7. The molecule has 0 aliphatic carbocycles. The molecule has 18 heavy (non-hydrogen) atoms. The van der Waals surface area contributed by atoms with Crippen molar-refractivity contribution in [2.24, 2.45) is 0 Å². The average molecular weight is 284 g/mol. The SMILES string of the molecule is O=S(=O)(Nc1ccccc1O)c1cccc(Cl)c1. The zero-order valence-electron chi connectivity index (χ0n) is 9.17. The lowest BCUT2D eigenvalue weighted by Gasteiger charge is -2.09. The standard InChI is InChI=1S/C12H10ClNO3S/c13-9-4-3-5-10(8-9)18(16,17)14-11-6-1-2-7-12(11)15/h1-8,14-15H. The van der Waals surface area contributed by atoms with Crippen LogP contribution < -0.4 is 4.72 Å². The number of hydrogen-bond acceptors (Lipinski definition) is 3. The monoisotopic (exact) mass is 283 g/mol. The van der Waals surface area contributed by atoms with Crippen molar-refractivity contribution >= 4 is 27.3 Å². The summed E-state index contributed by atoms with van der Waals surface area (Å²) in [6.45, 7) is 0. The number of benzene rings is 2. The molecule has 94 valence electrons. The summed E-state index contributed by atoms with van der Waals surface area (Å²) in [5, 5.41) is 9.85. The van der Waals surface area contributed by atoms with Crippen molar-refractivity contribution in [1.29, 1.82) is 0 Å². The van der Waals surface area contributed by atoms with Gasteiger partial charge < -0.3 is 5.11 Å².